The van der Waals surface area contributed by atoms with Crippen LogP contribution in [-0.2, 0) is 17.6 Å². The highest BCUT2D eigenvalue weighted by molar-refractivity contribution is 5.88. The van der Waals surface area contributed by atoms with Gasteiger partial charge in [0.1, 0.15) is 0 Å². The smallest absolute Gasteiger partial charge is 0.231 e. The normalized spacial score (nSPS) is 12.6. The molecule has 0 spiro atoms. The van der Waals surface area contributed by atoms with E-state index in [1.54, 1.807) is 7.05 Å². The number of guanidine groups is 1. The van der Waals surface area contributed by atoms with Gasteiger partial charge in [-0.2, -0.15) is 0 Å². The summed E-state index contributed by atoms with van der Waals surface area (Å²) in [6, 6.07) is 13.9. The lowest BCUT2D eigenvalue weighted by molar-refractivity contribution is -0.114. The zero-order valence-corrected chi connectivity index (χ0v) is 16.2. The van der Waals surface area contributed by atoms with Crippen molar-refractivity contribution in [1.82, 2.24) is 10.6 Å². The van der Waals surface area contributed by atoms with Crippen molar-refractivity contribution in [1.29, 1.82) is 0 Å². The Morgan fingerprint density at radius 1 is 0.964 bits per heavy atom. The van der Waals surface area contributed by atoms with Crippen LogP contribution in [0.4, 0.5) is 5.69 Å². The first-order valence-corrected chi connectivity index (χ1v) is 9.33. The third-order valence-electron chi connectivity index (χ3n) is 4.35. The van der Waals surface area contributed by atoms with Gasteiger partial charge in [-0.15, -0.1) is 0 Å². The highest BCUT2D eigenvalue weighted by atomic mass is 16.7. The first-order valence-electron chi connectivity index (χ1n) is 9.33. The van der Waals surface area contributed by atoms with Gasteiger partial charge in [-0.3, -0.25) is 9.79 Å². The molecule has 2 aromatic carbocycles. The number of benzene rings is 2. The van der Waals surface area contributed by atoms with Crippen LogP contribution in [0.3, 0.4) is 0 Å². The molecule has 0 fully saturated rings. The molecule has 1 amide bonds. The monoisotopic (exact) mass is 382 g/mol. The molecule has 7 heteroatoms. The summed E-state index contributed by atoms with van der Waals surface area (Å²) in [6.45, 7) is 3.33. The zero-order chi connectivity index (χ0) is 19.8. The summed E-state index contributed by atoms with van der Waals surface area (Å²) in [5.74, 6) is 2.32. The molecule has 148 valence electrons. The summed E-state index contributed by atoms with van der Waals surface area (Å²) in [4.78, 5) is 15.3. The summed E-state index contributed by atoms with van der Waals surface area (Å²) in [5.41, 5.74) is 3.19. The van der Waals surface area contributed by atoms with Crippen molar-refractivity contribution < 1.29 is 14.3 Å². The van der Waals surface area contributed by atoms with Crippen LogP contribution in [0.5, 0.6) is 11.5 Å². The fourth-order valence-electron chi connectivity index (χ4n) is 2.93. The number of hydrogen-bond donors (Lipinski definition) is 3. The van der Waals surface area contributed by atoms with Gasteiger partial charge >= 0.3 is 0 Å². The van der Waals surface area contributed by atoms with Crippen molar-refractivity contribution in [3.63, 3.8) is 0 Å². The SMILES string of the molecule is CN=C(NCCc1ccc(NC(C)=O)cc1)NCCc1ccc2c(c1)OCO2. The average molecular weight is 382 g/mol. The third-order valence-corrected chi connectivity index (χ3v) is 4.35. The van der Waals surface area contributed by atoms with Gasteiger partial charge in [0.2, 0.25) is 12.7 Å². The third kappa shape index (κ3) is 5.64. The van der Waals surface area contributed by atoms with E-state index in [9.17, 15) is 4.79 Å². The number of nitrogens with zero attached hydrogens (tertiary/aromatic N) is 1. The van der Waals surface area contributed by atoms with Gasteiger partial charge in [0.15, 0.2) is 17.5 Å². The van der Waals surface area contributed by atoms with E-state index < -0.39 is 0 Å². The number of fused-ring (bicyclic) bond motifs is 1. The van der Waals surface area contributed by atoms with Gasteiger partial charge in [-0.25, -0.2) is 0 Å². The average Bonchev–Trinajstić information content (AvgIpc) is 3.15. The van der Waals surface area contributed by atoms with E-state index >= 15 is 0 Å². The van der Waals surface area contributed by atoms with Gasteiger partial charge in [-0.05, 0) is 48.2 Å². The number of aliphatic imine (C=N–C) groups is 1. The first kappa shape index (κ1) is 19.5. The van der Waals surface area contributed by atoms with Crippen LogP contribution >= 0.6 is 0 Å². The van der Waals surface area contributed by atoms with Crippen molar-refractivity contribution in [2.24, 2.45) is 4.99 Å². The minimum Gasteiger partial charge on any atom is -0.454 e. The van der Waals surface area contributed by atoms with Gasteiger partial charge in [0.25, 0.3) is 0 Å². The van der Waals surface area contributed by atoms with Crippen LogP contribution in [0.1, 0.15) is 18.1 Å². The Balaban J connectivity index is 1.38. The van der Waals surface area contributed by atoms with Crippen molar-refractivity contribution in [2.75, 3.05) is 32.2 Å². The minimum atomic E-state index is -0.0648. The predicted molar refractivity (Wildman–Crippen MR) is 110 cm³/mol. The maximum absolute atomic E-state index is 11.1. The maximum Gasteiger partial charge on any atom is 0.231 e. The molecule has 0 aliphatic carbocycles. The molecule has 3 N–H and O–H groups in total. The van der Waals surface area contributed by atoms with Crippen molar-refractivity contribution >= 4 is 17.6 Å². The van der Waals surface area contributed by atoms with Crippen molar-refractivity contribution in [2.45, 2.75) is 19.8 Å². The van der Waals surface area contributed by atoms with Crippen LogP contribution in [-0.4, -0.2) is 38.8 Å². The number of rotatable bonds is 7. The lowest BCUT2D eigenvalue weighted by Crippen LogP contribution is -2.39. The molecule has 0 radical (unpaired) electrons. The fraction of sp³-hybridized carbons (Fsp3) is 0.333. The molecule has 0 bridgehead atoms. The quantitative estimate of drug-likeness (QED) is 0.506. The molecule has 28 heavy (non-hydrogen) atoms. The highest BCUT2D eigenvalue weighted by Crippen LogP contribution is 2.32. The maximum atomic E-state index is 11.1. The topological polar surface area (TPSA) is 84.0 Å². The molecular weight excluding hydrogens is 356 g/mol. The fourth-order valence-corrected chi connectivity index (χ4v) is 2.93. The van der Waals surface area contributed by atoms with Gasteiger partial charge < -0.3 is 25.4 Å². The Morgan fingerprint density at radius 2 is 1.61 bits per heavy atom. The Bertz CT molecular complexity index is 834. The molecule has 0 aromatic heterocycles. The van der Waals surface area contributed by atoms with E-state index in [0.29, 0.717) is 6.79 Å². The Hall–Kier alpha value is -3.22. The largest absolute Gasteiger partial charge is 0.454 e. The number of ether oxygens (including phenoxy) is 2. The molecule has 7 nitrogen and oxygen atoms in total. The van der Waals surface area contributed by atoms with Gasteiger partial charge in [0, 0.05) is 32.7 Å². The van der Waals surface area contributed by atoms with Crippen molar-refractivity contribution in [3.05, 3.63) is 53.6 Å². The summed E-state index contributed by atoms with van der Waals surface area (Å²) >= 11 is 0. The second kappa shape index (κ2) is 9.64. The van der Waals surface area contributed by atoms with E-state index in [1.807, 2.05) is 36.4 Å². The van der Waals surface area contributed by atoms with E-state index in [-0.39, 0.29) is 5.91 Å². The van der Waals surface area contributed by atoms with Crippen LogP contribution in [0, 0.1) is 0 Å². The van der Waals surface area contributed by atoms with Crippen LogP contribution in [0.2, 0.25) is 0 Å². The molecule has 3 rings (SSSR count). The second-order valence-electron chi connectivity index (χ2n) is 6.49. The summed E-state index contributed by atoms with van der Waals surface area (Å²) in [6.07, 6.45) is 1.73. The number of nitrogens with one attached hydrogen (secondary N) is 3. The number of anilines is 1. The number of carbonyl (C=O) groups excluding carboxylic acids is 1. The summed E-state index contributed by atoms with van der Waals surface area (Å²) < 4.78 is 10.7. The minimum absolute atomic E-state index is 0.0648. The number of hydrogen-bond acceptors (Lipinski definition) is 4. The van der Waals surface area contributed by atoms with Crippen LogP contribution in [0.25, 0.3) is 0 Å². The van der Waals surface area contributed by atoms with Crippen molar-refractivity contribution in [3.8, 4) is 11.5 Å². The molecule has 2 aromatic rings. The van der Waals surface area contributed by atoms with Crippen LogP contribution < -0.4 is 25.4 Å². The predicted octanol–water partition coefficient (Wildman–Crippen LogP) is 2.32. The number of amides is 1. The molecule has 1 aliphatic rings. The molecule has 0 saturated heterocycles. The van der Waals surface area contributed by atoms with E-state index in [1.165, 1.54) is 18.1 Å². The molecule has 0 atom stereocenters. The Kier molecular flexibility index (Phi) is 6.73. The lowest BCUT2D eigenvalue weighted by Gasteiger charge is -2.12. The Labute approximate surface area is 165 Å². The van der Waals surface area contributed by atoms with Gasteiger partial charge in [-0.1, -0.05) is 18.2 Å². The van der Waals surface area contributed by atoms with E-state index in [2.05, 4.69) is 27.0 Å². The molecular formula is C21H26N4O3. The Morgan fingerprint density at radius 3 is 2.29 bits per heavy atom. The molecule has 1 aliphatic heterocycles. The van der Waals surface area contributed by atoms with Gasteiger partial charge in [0.05, 0.1) is 0 Å². The molecule has 1 heterocycles. The van der Waals surface area contributed by atoms with Crippen LogP contribution in [0.15, 0.2) is 47.5 Å². The second-order valence-corrected chi connectivity index (χ2v) is 6.49. The molecule has 0 unspecified atom stereocenters. The number of carbonyl (C=O) groups is 1. The lowest BCUT2D eigenvalue weighted by atomic mass is 10.1. The zero-order valence-electron chi connectivity index (χ0n) is 16.2. The summed E-state index contributed by atoms with van der Waals surface area (Å²) in [7, 11) is 1.76. The summed E-state index contributed by atoms with van der Waals surface area (Å²) in [5, 5.41) is 9.41. The standard InChI is InChI=1S/C21H26N4O3/c1-15(26)25-18-6-3-16(4-7-18)9-11-23-21(22-2)24-12-10-17-5-8-19-20(13-17)28-14-27-19/h3-8,13H,9-12,14H2,1-2H3,(H,25,26)(H2,22,23,24). The van der Waals surface area contributed by atoms with E-state index in [0.717, 1.165) is 49.1 Å². The highest BCUT2D eigenvalue weighted by Gasteiger charge is 2.12. The first-order chi connectivity index (χ1) is 13.6. The van der Waals surface area contributed by atoms with E-state index in [4.69, 9.17) is 9.47 Å². The molecule has 0 saturated carbocycles.